The highest BCUT2D eigenvalue weighted by molar-refractivity contribution is 7.17. The first kappa shape index (κ1) is 12.8. The van der Waals surface area contributed by atoms with Crippen LogP contribution in [0.15, 0.2) is 24.7 Å². The van der Waals surface area contributed by atoms with Gasteiger partial charge >= 0.3 is 0 Å². The van der Waals surface area contributed by atoms with Crippen LogP contribution in [-0.4, -0.2) is 47.0 Å². The van der Waals surface area contributed by atoms with Crippen LogP contribution < -0.4 is 15.5 Å². The second-order valence-corrected chi connectivity index (χ2v) is 5.40. The second kappa shape index (κ2) is 5.41. The van der Waals surface area contributed by atoms with Gasteiger partial charge in [0.15, 0.2) is 5.13 Å². The molecule has 3 heterocycles. The SMILES string of the molecule is NC(=O)c1cnc(N2CCN(c3ncccn3)CC2)s1. The van der Waals surface area contributed by atoms with Crippen LogP contribution in [0, 0.1) is 0 Å². The standard InChI is InChI=1S/C12H14N6OS/c13-10(19)9-8-16-12(20-9)18-6-4-17(5-7-18)11-14-2-1-3-15-11/h1-3,8H,4-7H2,(H2,13,19). The summed E-state index contributed by atoms with van der Waals surface area (Å²) in [6.45, 7) is 3.30. The van der Waals surface area contributed by atoms with E-state index in [1.165, 1.54) is 17.5 Å². The molecular formula is C12H14N6OS. The minimum absolute atomic E-state index is 0.426. The summed E-state index contributed by atoms with van der Waals surface area (Å²) < 4.78 is 0. The van der Waals surface area contributed by atoms with Gasteiger partial charge in [-0.15, -0.1) is 0 Å². The highest BCUT2D eigenvalue weighted by Gasteiger charge is 2.21. The quantitative estimate of drug-likeness (QED) is 0.878. The number of rotatable bonds is 3. The van der Waals surface area contributed by atoms with Gasteiger partial charge in [0, 0.05) is 38.6 Å². The lowest BCUT2D eigenvalue weighted by Crippen LogP contribution is -2.47. The summed E-state index contributed by atoms with van der Waals surface area (Å²) in [5.41, 5.74) is 5.24. The van der Waals surface area contributed by atoms with Crippen LogP contribution in [-0.2, 0) is 0 Å². The number of amides is 1. The first-order chi connectivity index (χ1) is 9.74. The summed E-state index contributed by atoms with van der Waals surface area (Å²) in [7, 11) is 0. The second-order valence-electron chi connectivity index (χ2n) is 4.39. The molecule has 0 aromatic carbocycles. The molecule has 2 N–H and O–H groups in total. The molecule has 0 saturated carbocycles. The van der Waals surface area contributed by atoms with Gasteiger partial charge in [0.25, 0.3) is 5.91 Å². The van der Waals surface area contributed by atoms with Crippen LogP contribution in [0.3, 0.4) is 0 Å². The van der Waals surface area contributed by atoms with E-state index in [1.807, 2.05) is 0 Å². The van der Waals surface area contributed by atoms with Gasteiger partial charge in [-0.25, -0.2) is 15.0 Å². The fourth-order valence-corrected chi connectivity index (χ4v) is 2.90. The Labute approximate surface area is 120 Å². The Bertz CT molecular complexity index is 593. The zero-order valence-corrected chi connectivity index (χ0v) is 11.6. The van der Waals surface area contributed by atoms with E-state index in [2.05, 4.69) is 24.8 Å². The average Bonchev–Trinajstić information content (AvgIpc) is 2.98. The van der Waals surface area contributed by atoms with Crippen molar-refractivity contribution >= 4 is 28.3 Å². The molecule has 0 radical (unpaired) electrons. The molecule has 0 spiro atoms. The number of nitrogens with zero attached hydrogens (tertiary/aromatic N) is 5. The Balaban J connectivity index is 1.65. The number of primary amides is 1. The highest BCUT2D eigenvalue weighted by atomic mass is 32.1. The van der Waals surface area contributed by atoms with Gasteiger partial charge in [-0.1, -0.05) is 11.3 Å². The lowest BCUT2D eigenvalue weighted by Gasteiger charge is -2.34. The number of carbonyl (C=O) groups is 1. The first-order valence-corrected chi connectivity index (χ1v) is 7.08. The molecule has 1 saturated heterocycles. The van der Waals surface area contributed by atoms with Gasteiger partial charge in [-0.3, -0.25) is 4.79 Å². The number of hydrogen-bond acceptors (Lipinski definition) is 7. The van der Waals surface area contributed by atoms with Crippen LogP contribution in [0.4, 0.5) is 11.1 Å². The van der Waals surface area contributed by atoms with Gasteiger partial charge in [-0.2, -0.15) is 0 Å². The van der Waals surface area contributed by atoms with Crippen molar-refractivity contribution in [3.8, 4) is 0 Å². The van der Waals surface area contributed by atoms with Crippen LogP contribution in [0.5, 0.6) is 0 Å². The summed E-state index contributed by atoms with van der Waals surface area (Å²) in [5.74, 6) is 0.328. The maximum atomic E-state index is 11.1. The topological polar surface area (TPSA) is 88.2 Å². The van der Waals surface area contributed by atoms with E-state index < -0.39 is 5.91 Å². The summed E-state index contributed by atoms with van der Waals surface area (Å²) in [4.78, 5) is 28.6. The van der Waals surface area contributed by atoms with Crippen molar-refractivity contribution in [3.63, 3.8) is 0 Å². The number of piperazine rings is 1. The first-order valence-electron chi connectivity index (χ1n) is 6.26. The van der Waals surface area contributed by atoms with Crippen LogP contribution in [0.2, 0.25) is 0 Å². The Morgan fingerprint density at radius 3 is 2.35 bits per heavy atom. The molecule has 20 heavy (non-hydrogen) atoms. The van der Waals surface area contributed by atoms with Crippen LogP contribution >= 0.6 is 11.3 Å². The van der Waals surface area contributed by atoms with Gasteiger partial charge in [0.1, 0.15) is 4.88 Å². The predicted octanol–water partition coefficient (Wildman–Crippen LogP) is 0.359. The van der Waals surface area contributed by atoms with Crippen LogP contribution in [0.25, 0.3) is 0 Å². The number of thiazole rings is 1. The van der Waals surface area contributed by atoms with E-state index in [-0.39, 0.29) is 0 Å². The molecule has 2 aromatic rings. The Hall–Kier alpha value is -2.22. The Morgan fingerprint density at radius 1 is 1.10 bits per heavy atom. The third kappa shape index (κ3) is 2.55. The highest BCUT2D eigenvalue weighted by Crippen LogP contribution is 2.23. The molecule has 0 atom stereocenters. The van der Waals surface area contributed by atoms with Crippen molar-refractivity contribution in [1.29, 1.82) is 0 Å². The molecule has 8 heteroatoms. The summed E-state index contributed by atoms with van der Waals surface area (Å²) in [6.07, 6.45) is 5.03. The zero-order chi connectivity index (χ0) is 13.9. The third-order valence-corrected chi connectivity index (χ3v) is 4.19. The van der Waals surface area contributed by atoms with E-state index in [1.54, 1.807) is 18.5 Å². The van der Waals surface area contributed by atoms with E-state index in [4.69, 9.17) is 5.73 Å². The van der Waals surface area contributed by atoms with E-state index in [9.17, 15) is 4.79 Å². The largest absolute Gasteiger partial charge is 0.365 e. The lowest BCUT2D eigenvalue weighted by atomic mass is 10.3. The van der Waals surface area contributed by atoms with Crippen molar-refractivity contribution < 1.29 is 4.79 Å². The third-order valence-electron chi connectivity index (χ3n) is 3.12. The Kier molecular flexibility index (Phi) is 3.46. The van der Waals surface area contributed by atoms with Crippen molar-refractivity contribution in [2.24, 2.45) is 5.73 Å². The van der Waals surface area contributed by atoms with E-state index >= 15 is 0 Å². The maximum Gasteiger partial charge on any atom is 0.260 e. The monoisotopic (exact) mass is 290 g/mol. The Morgan fingerprint density at radius 2 is 1.75 bits per heavy atom. The molecule has 3 rings (SSSR count). The average molecular weight is 290 g/mol. The summed E-state index contributed by atoms with van der Waals surface area (Å²) in [6, 6.07) is 1.81. The zero-order valence-electron chi connectivity index (χ0n) is 10.8. The molecule has 2 aromatic heterocycles. The molecule has 0 bridgehead atoms. The number of anilines is 2. The van der Waals surface area contributed by atoms with Crippen molar-refractivity contribution in [1.82, 2.24) is 15.0 Å². The fourth-order valence-electron chi connectivity index (χ4n) is 2.08. The predicted molar refractivity (Wildman–Crippen MR) is 77.1 cm³/mol. The summed E-state index contributed by atoms with van der Waals surface area (Å²) in [5, 5.41) is 0.840. The molecule has 1 aliphatic heterocycles. The van der Waals surface area contributed by atoms with Crippen molar-refractivity contribution in [2.45, 2.75) is 0 Å². The molecule has 7 nitrogen and oxygen atoms in total. The smallest absolute Gasteiger partial charge is 0.260 e. The number of carbonyl (C=O) groups excluding carboxylic acids is 1. The molecule has 1 amide bonds. The lowest BCUT2D eigenvalue weighted by molar-refractivity contribution is 0.100. The van der Waals surface area contributed by atoms with Crippen molar-refractivity contribution in [3.05, 3.63) is 29.5 Å². The normalized spacial score (nSPS) is 15.4. The molecule has 0 aliphatic carbocycles. The molecule has 1 aliphatic rings. The van der Waals surface area contributed by atoms with Gasteiger partial charge < -0.3 is 15.5 Å². The minimum Gasteiger partial charge on any atom is -0.365 e. The molecule has 104 valence electrons. The minimum atomic E-state index is -0.426. The van der Waals surface area contributed by atoms with Gasteiger partial charge in [-0.05, 0) is 6.07 Å². The molecule has 1 fully saturated rings. The number of aromatic nitrogens is 3. The maximum absolute atomic E-state index is 11.1. The van der Waals surface area contributed by atoms with E-state index in [0.29, 0.717) is 4.88 Å². The fraction of sp³-hybridized carbons (Fsp3) is 0.333. The molecular weight excluding hydrogens is 276 g/mol. The molecule has 0 unspecified atom stereocenters. The number of nitrogens with two attached hydrogens (primary N) is 1. The summed E-state index contributed by atoms with van der Waals surface area (Å²) >= 11 is 1.34. The van der Waals surface area contributed by atoms with Crippen LogP contribution in [0.1, 0.15) is 9.67 Å². The van der Waals surface area contributed by atoms with Gasteiger partial charge in [0.05, 0.1) is 6.20 Å². The van der Waals surface area contributed by atoms with Crippen molar-refractivity contribution in [2.75, 3.05) is 36.0 Å². The van der Waals surface area contributed by atoms with E-state index in [0.717, 1.165) is 37.3 Å². The number of hydrogen-bond donors (Lipinski definition) is 1. The van der Waals surface area contributed by atoms with Gasteiger partial charge in [0.2, 0.25) is 5.95 Å².